The van der Waals surface area contributed by atoms with Crippen LogP contribution in [-0.4, -0.2) is 34.4 Å². The second kappa shape index (κ2) is 7.21. The highest BCUT2D eigenvalue weighted by Gasteiger charge is 2.24. The number of hydrogen-bond donors (Lipinski definition) is 0. The van der Waals surface area contributed by atoms with Crippen LogP contribution in [-0.2, 0) is 22.1 Å². The molecule has 1 fully saturated rings. The summed E-state index contributed by atoms with van der Waals surface area (Å²) >= 11 is 0. The standard InChI is InChI=1S/C16H22N4O2S/c21-23(22,12-15-9-5-2-6-10-15)13-16-17-18-19-20(16)11-14-7-3-1-4-8-14/h1,3-4,7-8,15H,2,5-6,9-13H2. The minimum atomic E-state index is -3.18. The summed E-state index contributed by atoms with van der Waals surface area (Å²) in [5, 5.41) is 11.5. The minimum Gasteiger partial charge on any atom is -0.228 e. The number of hydrogen-bond acceptors (Lipinski definition) is 5. The topological polar surface area (TPSA) is 77.7 Å². The molecule has 7 heteroatoms. The maximum absolute atomic E-state index is 12.5. The number of benzene rings is 1. The fourth-order valence-electron chi connectivity index (χ4n) is 3.17. The van der Waals surface area contributed by atoms with E-state index in [0.717, 1.165) is 31.2 Å². The normalized spacial score (nSPS) is 16.5. The van der Waals surface area contributed by atoms with Crippen LogP contribution in [0.25, 0.3) is 0 Å². The highest BCUT2D eigenvalue weighted by atomic mass is 32.2. The first kappa shape index (κ1) is 16.1. The van der Waals surface area contributed by atoms with Crippen molar-refractivity contribution in [2.45, 2.75) is 44.4 Å². The Labute approximate surface area is 136 Å². The molecule has 3 rings (SSSR count). The molecule has 0 spiro atoms. The van der Waals surface area contributed by atoms with Crippen LogP contribution in [0.1, 0.15) is 43.5 Å². The predicted octanol–water partition coefficient (Wildman–Crippen LogP) is 2.22. The molecule has 23 heavy (non-hydrogen) atoms. The van der Waals surface area contributed by atoms with Crippen molar-refractivity contribution in [1.29, 1.82) is 0 Å². The minimum absolute atomic E-state index is 0.0800. The molecular weight excluding hydrogens is 312 g/mol. The molecule has 0 amide bonds. The summed E-state index contributed by atoms with van der Waals surface area (Å²) in [7, 11) is -3.18. The molecule has 2 aromatic rings. The van der Waals surface area contributed by atoms with Crippen molar-refractivity contribution in [2.75, 3.05) is 5.75 Å². The number of tetrazole rings is 1. The summed E-state index contributed by atoms with van der Waals surface area (Å²) in [6.07, 6.45) is 5.56. The fraction of sp³-hybridized carbons (Fsp3) is 0.562. The lowest BCUT2D eigenvalue weighted by atomic mass is 9.91. The van der Waals surface area contributed by atoms with E-state index < -0.39 is 9.84 Å². The summed E-state index contributed by atoms with van der Waals surface area (Å²) in [6, 6.07) is 9.78. The number of sulfone groups is 1. The molecular formula is C16H22N4O2S. The van der Waals surface area contributed by atoms with Gasteiger partial charge in [0.05, 0.1) is 12.3 Å². The van der Waals surface area contributed by atoms with Crippen molar-refractivity contribution < 1.29 is 8.42 Å². The Hall–Kier alpha value is -1.76. The summed E-state index contributed by atoms with van der Waals surface area (Å²) in [5.41, 5.74) is 1.05. The summed E-state index contributed by atoms with van der Waals surface area (Å²) in [6.45, 7) is 0.488. The van der Waals surface area contributed by atoms with E-state index in [0.29, 0.717) is 18.3 Å². The van der Waals surface area contributed by atoms with Crippen LogP contribution in [0.3, 0.4) is 0 Å². The van der Waals surface area contributed by atoms with E-state index in [2.05, 4.69) is 15.5 Å². The molecule has 124 valence electrons. The van der Waals surface area contributed by atoms with Gasteiger partial charge < -0.3 is 0 Å². The van der Waals surface area contributed by atoms with E-state index >= 15 is 0 Å². The molecule has 1 aromatic heterocycles. The average molecular weight is 334 g/mol. The molecule has 1 heterocycles. The third-order valence-corrected chi connectivity index (χ3v) is 6.02. The maximum Gasteiger partial charge on any atom is 0.166 e. The first-order valence-electron chi connectivity index (χ1n) is 8.12. The van der Waals surface area contributed by atoms with Crippen molar-refractivity contribution >= 4 is 9.84 Å². The zero-order valence-electron chi connectivity index (χ0n) is 13.1. The molecule has 1 saturated carbocycles. The quantitative estimate of drug-likeness (QED) is 0.809. The van der Waals surface area contributed by atoms with Gasteiger partial charge >= 0.3 is 0 Å². The van der Waals surface area contributed by atoms with Gasteiger partial charge in [0.2, 0.25) is 0 Å². The Kier molecular flexibility index (Phi) is 5.05. The van der Waals surface area contributed by atoms with Crippen LogP contribution in [0.15, 0.2) is 30.3 Å². The predicted molar refractivity (Wildman–Crippen MR) is 87.4 cm³/mol. The first-order valence-corrected chi connectivity index (χ1v) is 9.94. The lowest BCUT2D eigenvalue weighted by Gasteiger charge is -2.21. The third-order valence-electron chi connectivity index (χ3n) is 4.34. The Bertz CT molecular complexity index is 722. The van der Waals surface area contributed by atoms with Crippen LogP contribution in [0.2, 0.25) is 0 Å². The third kappa shape index (κ3) is 4.60. The average Bonchev–Trinajstić information content (AvgIpc) is 2.95. The van der Waals surface area contributed by atoms with E-state index in [9.17, 15) is 8.42 Å². The second-order valence-electron chi connectivity index (χ2n) is 6.30. The van der Waals surface area contributed by atoms with Crippen LogP contribution in [0, 0.1) is 5.92 Å². The van der Waals surface area contributed by atoms with Gasteiger partial charge in [0.1, 0.15) is 5.75 Å². The van der Waals surface area contributed by atoms with E-state index in [1.807, 2.05) is 30.3 Å². The van der Waals surface area contributed by atoms with Crippen molar-refractivity contribution in [1.82, 2.24) is 20.2 Å². The molecule has 0 N–H and O–H groups in total. The molecule has 6 nitrogen and oxygen atoms in total. The van der Waals surface area contributed by atoms with Gasteiger partial charge in [-0.2, -0.15) is 0 Å². The van der Waals surface area contributed by atoms with Crippen molar-refractivity contribution in [3.63, 3.8) is 0 Å². The van der Waals surface area contributed by atoms with E-state index in [1.165, 1.54) is 6.42 Å². The summed E-state index contributed by atoms with van der Waals surface area (Å²) in [4.78, 5) is 0. The largest absolute Gasteiger partial charge is 0.228 e. The SMILES string of the molecule is O=S(=O)(Cc1nnnn1Cc1ccccc1)CC1CCCCC1. The van der Waals surface area contributed by atoms with E-state index in [-0.39, 0.29) is 11.5 Å². The van der Waals surface area contributed by atoms with Gasteiger partial charge in [0.25, 0.3) is 0 Å². The Balaban J connectivity index is 1.66. The fourth-order valence-corrected chi connectivity index (χ4v) is 4.94. The Morgan fingerprint density at radius 2 is 1.83 bits per heavy atom. The van der Waals surface area contributed by atoms with Crippen molar-refractivity contribution in [2.24, 2.45) is 5.92 Å². The molecule has 1 aliphatic carbocycles. The number of nitrogens with zero attached hydrogens (tertiary/aromatic N) is 4. The van der Waals surface area contributed by atoms with Gasteiger partial charge in [0.15, 0.2) is 15.7 Å². The number of rotatable bonds is 6. The van der Waals surface area contributed by atoms with Gasteiger partial charge in [0, 0.05) is 0 Å². The molecule has 1 aromatic carbocycles. The first-order chi connectivity index (χ1) is 11.1. The molecule has 0 bridgehead atoms. The highest BCUT2D eigenvalue weighted by molar-refractivity contribution is 7.90. The Morgan fingerprint density at radius 1 is 1.09 bits per heavy atom. The van der Waals surface area contributed by atoms with Gasteiger partial charge in [-0.25, -0.2) is 13.1 Å². The van der Waals surface area contributed by atoms with Crippen molar-refractivity contribution in [3.8, 4) is 0 Å². The second-order valence-corrected chi connectivity index (χ2v) is 8.41. The molecule has 0 atom stereocenters. The van der Waals surface area contributed by atoms with E-state index in [4.69, 9.17) is 0 Å². The summed E-state index contributed by atoms with van der Waals surface area (Å²) in [5.74, 6) is 0.894. The zero-order valence-corrected chi connectivity index (χ0v) is 14.0. The van der Waals surface area contributed by atoms with Crippen LogP contribution < -0.4 is 0 Å². The molecule has 0 radical (unpaired) electrons. The van der Waals surface area contributed by atoms with Gasteiger partial charge in [-0.3, -0.25) is 0 Å². The zero-order chi connectivity index (χ0) is 16.1. The maximum atomic E-state index is 12.5. The summed E-state index contributed by atoms with van der Waals surface area (Å²) < 4.78 is 26.5. The van der Waals surface area contributed by atoms with E-state index in [1.54, 1.807) is 4.68 Å². The van der Waals surface area contributed by atoms with Crippen molar-refractivity contribution in [3.05, 3.63) is 41.7 Å². The monoisotopic (exact) mass is 334 g/mol. The molecule has 0 saturated heterocycles. The van der Waals surface area contributed by atoms with Crippen LogP contribution in [0.4, 0.5) is 0 Å². The Morgan fingerprint density at radius 3 is 2.57 bits per heavy atom. The number of aromatic nitrogens is 4. The van der Waals surface area contributed by atoms with Gasteiger partial charge in [-0.1, -0.05) is 49.6 Å². The van der Waals surface area contributed by atoms with Crippen LogP contribution >= 0.6 is 0 Å². The molecule has 0 unspecified atom stereocenters. The highest BCUT2D eigenvalue weighted by Crippen LogP contribution is 2.25. The lowest BCUT2D eigenvalue weighted by molar-refractivity contribution is 0.384. The smallest absolute Gasteiger partial charge is 0.166 e. The lowest BCUT2D eigenvalue weighted by Crippen LogP contribution is -2.21. The van der Waals surface area contributed by atoms with Gasteiger partial charge in [-0.05, 0) is 34.7 Å². The molecule has 1 aliphatic rings. The molecule has 0 aliphatic heterocycles. The van der Waals surface area contributed by atoms with Crippen LogP contribution in [0.5, 0.6) is 0 Å². The van der Waals surface area contributed by atoms with Gasteiger partial charge in [-0.15, -0.1) is 5.10 Å².